The first-order valence-corrected chi connectivity index (χ1v) is 7.94. The van der Waals surface area contributed by atoms with Crippen LogP contribution in [0.25, 0.3) is 0 Å². The van der Waals surface area contributed by atoms with Crippen LogP contribution in [0.1, 0.15) is 13.3 Å². The smallest absolute Gasteiger partial charge is 0.410 e. The summed E-state index contributed by atoms with van der Waals surface area (Å²) in [5, 5.41) is 3.05. The van der Waals surface area contributed by atoms with Gasteiger partial charge >= 0.3 is 6.09 Å². The molecule has 1 saturated heterocycles. The molecular weight excluding hydrogens is 290 g/mol. The number of rotatable bonds is 2. The number of carbonyl (C=O) groups excluding carboxylic acids is 1. The SMILES string of the molecule is CC1(NC(=O)Oc2cccc(Cl)c2)CCS(=O)(=O)C1. The van der Waals surface area contributed by atoms with Gasteiger partial charge in [-0.2, -0.15) is 0 Å². The molecule has 0 aliphatic carbocycles. The quantitative estimate of drug-likeness (QED) is 0.907. The van der Waals surface area contributed by atoms with E-state index in [0.717, 1.165) is 0 Å². The van der Waals surface area contributed by atoms with Gasteiger partial charge < -0.3 is 10.1 Å². The van der Waals surface area contributed by atoms with E-state index in [1.165, 1.54) is 6.07 Å². The fourth-order valence-corrected chi connectivity index (χ4v) is 4.29. The van der Waals surface area contributed by atoms with Crippen LogP contribution in [0.5, 0.6) is 5.75 Å². The average Bonchev–Trinajstić information content (AvgIpc) is 2.52. The van der Waals surface area contributed by atoms with E-state index >= 15 is 0 Å². The second kappa shape index (κ2) is 5.02. The van der Waals surface area contributed by atoms with E-state index in [4.69, 9.17) is 16.3 Å². The number of sulfone groups is 1. The summed E-state index contributed by atoms with van der Waals surface area (Å²) in [4.78, 5) is 11.7. The van der Waals surface area contributed by atoms with E-state index in [-0.39, 0.29) is 11.5 Å². The number of hydrogen-bond donors (Lipinski definition) is 1. The van der Waals surface area contributed by atoms with Crippen LogP contribution in [-0.2, 0) is 9.84 Å². The third-order valence-corrected chi connectivity index (χ3v) is 5.05. The van der Waals surface area contributed by atoms with Gasteiger partial charge in [-0.15, -0.1) is 0 Å². The van der Waals surface area contributed by atoms with Gasteiger partial charge in [-0.25, -0.2) is 13.2 Å². The van der Waals surface area contributed by atoms with E-state index in [1.54, 1.807) is 25.1 Å². The average molecular weight is 304 g/mol. The lowest BCUT2D eigenvalue weighted by Crippen LogP contribution is -2.48. The summed E-state index contributed by atoms with van der Waals surface area (Å²) in [5.41, 5.74) is -0.769. The molecule has 1 aromatic rings. The summed E-state index contributed by atoms with van der Waals surface area (Å²) in [6.45, 7) is 1.69. The fourth-order valence-electron chi connectivity index (χ4n) is 2.02. The Hall–Kier alpha value is -1.27. The van der Waals surface area contributed by atoms with Crippen molar-refractivity contribution in [2.24, 2.45) is 0 Å². The largest absolute Gasteiger partial charge is 0.413 e. The summed E-state index contributed by atoms with van der Waals surface area (Å²) in [7, 11) is -3.07. The summed E-state index contributed by atoms with van der Waals surface area (Å²) < 4.78 is 27.9. The molecule has 1 unspecified atom stereocenters. The summed E-state index contributed by atoms with van der Waals surface area (Å²) >= 11 is 5.77. The molecule has 104 valence electrons. The van der Waals surface area contributed by atoms with Gasteiger partial charge in [0.2, 0.25) is 0 Å². The molecule has 1 aliphatic heterocycles. The lowest BCUT2D eigenvalue weighted by molar-refractivity contribution is 0.189. The predicted octanol–water partition coefficient (Wildman–Crippen LogP) is 2.01. The number of benzene rings is 1. The summed E-state index contributed by atoms with van der Waals surface area (Å²) in [6.07, 6.45) is -0.290. The Kier molecular flexibility index (Phi) is 3.73. The number of nitrogens with one attached hydrogen (secondary N) is 1. The number of halogens is 1. The third kappa shape index (κ3) is 3.84. The van der Waals surface area contributed by atoms with Gasteiger partial charge in [0, 0.05) is 5.02 Å². The van der Waals surface area contributed by atoms with Crippen LogP contribution in [-0.4, -0.2) is 31.6 Å². The molecule has 1 aromatic carbocycles. The van der Waals surface area contributed by atoms with Crippen LogP contribution < -0.4 is 10.1 Å². The summed E-state index contributed by atoms with van der Waals surface area (Å²) in [6, 6.07) is 6.43. The monoisotopic (exact) mass is 303 g/mol. The fraction of sp³-hybridized carbons (Fsp3) is 0.417. The van der Waals surface area contributed by atoms with Crippen LogP contribution in [0.3, 0.4) is 0 Å². The third-order valence-electron chi connectivity index (χ3n) is 2.91. The van der Waals surface area contributed by atoms with Crippen molar-refractivity contribution in [3.63, 3.8) is 0 Å². The Labute approximate surface area is 116 Å². The van der Waals surface area contributed by atoms with Gasteiger partial charge in [0.05, 0.1) is 17.0 Å². The van der Waals surface area contributed by atoms with Gasteiger partial charge in [0.15, 0.2) is 9.84 Å². The van der Waals surface area contributed by atoms with Gasteiger partial charge in [-0.1, -0.05) is 17.7 Å². The molecule has 0 saturated carbocycles. The topological polar surface area (TPSA) is 72.5 Å². The van der Waals surface area contributed by atoms with Gasteiger partial charge in [-0.3, -0.25) is 0 Å². The van der Waals surface area contributed by atoms with Crippen LogP contribution in [0, 0.1) is 0 Å². The second-order valence-electron chi connectivity index (χ2n) is 4.87. The van der Waals surface area contributed by atoms with E-state index < -0.39 is 21.5 Å². The maximum absolute atomic E-state index is 11.7. The second-order valence-corrected chi connectivity index (χ2v) is 7.50. The standard InChI is InChI=1S/C12H14ClNO4S/c1-12(5-6-19(16,17)8-12)14-11(15)18-10-4-2-3-9(13)7-10/h2-4,7H,5-6,8H2,1H3,(H,14,15). The van der Waals surface area contributed by atoms with Crippen LogP contribution in [0.2, 0.25) is 5.02 Å². The zero-order chi connectivity index (χ0) is 14.1. The van der Waals surface area contributed by atoms with Crippen molar-refractivity contribution < 1.29 is 17.9 Å². The van der Waals surface area contributed by atoms with Crippen molar-refractivity contribution in [1.29, 1.82) is 0 Å². The molecule has 1 heterocycles. The highest BCUT2D eigenvalue weighted by atomic mass is 35.5. The Morgan fingerprint density at radius 1 is 1.47 bits per heavy atom. The Balaban J connectivity index is 1.99. The number of amides is 1. The minimum absolute atomic E-state index is 0.0648. The van der Waals surface area contributed by atoms with Crippen molar-refractivity contribution in [3.8, 4) is 5.75 Å². The van der Waals surface area contributed by atoms with E-state index in [2.05, 4.69) is 5.32 Å². The van der Waals surface area contributed by atoms with Crippen LogP contribution >= 0.6 is 11.6 Å². The molecule has 1 aliphatic rings. The van der Waals surface area contributed by atoms with E-state index in [0.29, 0.717) is 17.2 Å². The first kappa shape index (κ1) is 14.1. The van der Waals surface area contributed by atoms with Crippen molar-refractivity contribution >= 4 is 27.5 Å². The highest BCUT2D eigenvalue weighted by Gasteiger charge is 2.39. The van der Waals surface area contributed by atoms with E-state index in [9.17, 15) is 13.2 Å². The maximum Gasteiger partial charge on any atom is 0.413 e. The zero-order valence-electron chi connectivity index (χ0n) is 10.3. The molecule has 1 N–H and O–H groups in total. The molecule has 0 aromatic heterocycles. The highest BCUT2D eigenvalue weighted by Crippen LogP contribution is 2.23. The molecule has 2 rings (SSSR count). The molecule has 1 atom stereocenters. The van der Waals surface area contributed by atoms with Crippen molar-refractivity contribution in [2.75, 3.05) is 11.5 Å². The molecule has 0 radical (unpaired) electrons. The maximum atomic E-state index is 11.7. The number of hydrogen-bond acceptors (Lipinski definition) is 4. The van der Waals surface area contributed by atoms with Gasteiger partial charge in [-0.05, 0) is 31.5 Å². The van der Waals surface area contributed by atoms with Crippen molar-refractivity contribution in [2.45, 2.75) is 18.9 Å². The Bertz CT molecular complexity index is 602. The summed E-state index contributed by atoms with van der Waals surface area (Å²) in [5.74, 6) is 0.334. The molecule has 5 nitrogen and oxygen atoms in total. The first-order valence-electron chi connectivity index (χ1n) is 5.74. The van der Waals surface area contributed by atoms with E-state index in [1.807, 2.05) is 0 Å². The van der Waals surface area contributed by atoms with Gasteiger partial charge in [0.1, 0.15) is 5.75 Å². The minimum atomic E-state index is -3.07. The minimum Gasteiger partial charge on any atom is -0.410 e. The number of ether oxygens (including phenoxy) is 1. The van der Waals surface area contributed by atoms with Gasteiger partial charge in [0.25, 0.3) is 0 Å². The molecule has 0 bridgehead atoms. The lowest BCUT2D eigenvalue weighted by atomic mass is 10.0. The predicted molar refractivity (Wildman–Crippen MR) is 72.3 cm³/mol. The molecule has 1 amide bonds. The van der Waals surface area contributed by atoms with Crippen molar-refractivity contribution in [1.82, 2.24) is 5.32 Å². The van der Waals surface area contributed by atoms with Crippen LogP contribution in [0.15, 0.2) is 24.3 Å². The molecule has 0 spiro atoms. The lowest BCUT2D eigenvalue weighted by Gasteiger charge is -2.23. The highest BCUT2D eigenvalue weighted by molar-refractivity contribution is 7.91. The number of carbonyl (C=O) groups is 1. The molecule has 7 heteroatoms. The molecule has 1 fully saturated rings. The van der Waals surface area contributed by atoms with Crippen LogP contribution in [0.4, 0.5) is 4.79 Å². The molecule has 19 heavy (non-hydrogen) atoms. The molecular formula is C12H14ClNO4S. The Morgan fingerprint density at radius 2 is 2.21 bits per heavy atom. The Morgan fingerprint density at radius 3 is 2.79 bits per heavy atom. The van der Waals surface area contributed by atoms with Crippen molar-refractivity contribution in [3.05, 3.63) is 29.3 Å². The first-order chi connectivity index (χ1) is 8.78. The normalized spacial score (nSPS) is 24.9. The zero-order valence-corrected chi connectivity index (χ0v) is 11.9.